The van der Waals surface area contributed by atoms with Crippen LogP contribution < -0.4 is 10.4 Å². The van der Waals surface area contributed by atoms with Crippen LogP contribution in [0.1, 0.15) is 17.0 Å². The predicted octanol–water partition coefficient (Wildman–Crippen LogP) is 4.20. The Kier molecular flexibility index (Phi) is 6.42. The summed E-state index contributed by atoms with van der Waals surface area (Å²) >= 11 is 5.44. The Morgan fingerprint density at radius 1 is 1.03 bits per heavy atom. The number of benzene rings is 3. The van der Waals surface area contributed by atoms with Gasteiger partial charge in [0.15, 0.2) is 16.4 Å². The molecule has 10 heteroatoms. The third-order valence-corrected chi connectivity index (χ3v) is 5.89. The molecule has 0 amide bonds. The molecule has 3 aromatic carbocycles. The van der Waals surface area contributed by atoms with Crippen LogP contribution in [-0.4, -0.2) is 42.5 Å². The van der Waals surface area contributed by atoms with Crippen molar-refractivity contribution in [2.45, 2.75) is 13.5 Å². The van der Waals surface area contributed by atoms with Gasteiger partial charge in [0.2, 0.25) is 0 Å². The third kappa shape index (κ3) is 4.66. The minimum Gasteiger partial charge on any atom is -0.497 e. The first-order valence-corrected chi connectivity index (χ1v) is 11.6. The Bertz CT molecular complexity index is 1630. The SMILES string of the molecule is COc1ccc(/C=N/n2c(-c3ccc(C)cc3)nn(Cc3n[nH]c(=S)n3-c3ccccc3)c2=O)cc1. The van der Waals surface area contributed by atoms with Gasteiger partial charge in [-0.05, 0) is 61.1 Å². The van der Waals surface area contributed by atoms with Crippen LogP contribution in [-0.2, 0) is 6.54 Å². The number of hydrogen-bond acceptors (Lipinski definition) is 6. The topological polar surface area (TPSA) is 95.0 Å². The highest BCUT2D eigenvalue weighted by atomic mass is 32.1. The van der Waals surface area contributed by atoms with Crippen molar-refractivity contribution in [2.75, 3.05) is 7.11 Å². The van der Waals surface area contributed by atoms with E-state index in [2.05, 4.69) is 20.4 Å². The Labute approximate surface area is 211 Å². The number of ether oxygens (including phenoxy) is 1. The van der Waals surface area contributed by atoms with Gasteiger partial charge in [-0.15, -0.1) is 5.10 Å². The molecular formula is C26H23N7O2S. The molecule has 0 saturated heterocycles. The molecule has 9 nitrogen and oxygen atoms in total. The molecule has 5 aromatic rings. The highest BCUT2D eigenvalue weighted by molar-refractivity contribution is 7.71. The summed E-state index contributed by atoms with van der Waals surface area (Å²) < 4.78 is 10.1. The van der Waals surface area contributed by atoms with Crippen LogP contribution in [0.3, 0.4) is 0 Å². The van der Waals surface area contributed by atoms with Crippen molar-refractivity contribution >= 4 is 18.4 Å². The molecule has 0 aliphatic rings. The molecule has 0 aliphatic heterocycles. The molecule has 5 rings (SSSR count). The van der Waals surface area contributed by atoms with E-state index in [4.69, 9.17) is 17.0 Å². The maximum absolute atomic E-state index is 13.5. The Morgan fingerprint density at radius 3 is 2.44 bits per heavy atom. The fraction of sp³-hybridized carbons (Fsp3) is 0.115. The normalized spacial score (nSPS) is 11.3. The Morgan fingerprint density at radius 2 is 1.75 bits per heavy atom. The van der Waals surface area contributed by atoms with E-state index in [-0.39, 0.29) is 6.54 Å². The number of H-pyrrole nitrogens is 1. The number of para-hydroxylation sites is 1. The second-order valence-electron chi connectivity index (χ2n) is 8.08. The van der Waals surface area contributed by atoms with Gasteiger partial charge in [0.25, 0.3) is 0 Å². The number of nitrogens with one attached hydrogen (secondary N) is 1. The lowest BCUT2D eigenvalue weighted by atomic mass is 10.1. The van der Waals surface area contributed by atoms with Gasteiger partial charge in [-0.2, -0.15) is 14.9 Å². The van der Waals surface area contributed by atoms with E-state index >= 15 is 0 Å². The second-order valence-corrected chi connectivity index (χ2v) is 8.46. The zero-order chi connectivity index (χ0) is 25.1. The monoisotopic (exact) mass is 497 g/mol. The largest absolute Gasteiger partial charge is 0.497 e. The Hall–Kier alpha value is -4.57. The number of aromatic amines is 1. The van der Waals surface area contributed by atoms with E-state index in [1.54, 1.807) is 17.9 Å². The smallest absolute Gasteiger partial charge is 0.367 e. The molecule has 180 valence electrons. The first-order valence-electron chi connectivity index (χ1n) is 11.2. The highest BCUT2D eigenvalue weighted by Gasteiger charge is 2.18. The quantitative estimate of drug-likeness (QED) is 0.269. The van der Waals surface area contributed by atoms with Crippen LogP contribution in [0.25, 0.3) is 17.1 Å². The molecule has 0 fully saturated rings. The van der Waals surface area contributed by atoms with Crippen LogP contribution in [0.15, 0.2) is 88.8 Å². The molecule has 0 radical (unpaired) electrons. The number of hydrogen-bond donors (Lipinski definition) is 1. The maximum Gasteiger partial charge on any atom is 0.367 e. The number of aryl methyl sites for hydroxylation is 1. The fourth-order valence-corrected chi connectivity index (χ4v) is 3.97. The second kappa shape index (κ2) is 9.96. The van der Waals surface area contributed by atoms with Gasteiger partial charge >= 0.3 is 5.69 Å². The average Bonchev–Trinajstić information content (AvgIpc) is 3.43. The minimum absolute atomic E-state index is 0.102. The van der Waals surface area contributed by atoms with Gasteiger partial charge < -0.3 is 4.74 Å². The average molecular weight is 498 g/mol. The lowest BCUT2D eigenvalue weighted by Crippen LogP contribution is -2.25. The maximum atomic E-state index is 13.5. The van der Waals surface area contributed by atoms with E-state index in [0.717, 1.165) is 28.1 Å². The van der Waals surface area contributed by atoms with Crippen molar-refractivity contribution < 1.29 is 4.74 Å². The number of rotatable bonds is 7. The van der Waals surface area contributed by atoms with Crippen molar-refractivity contribution in [2.24, 2.45) is 5.10 Å². The van der Waals surface area contributed by atoms with Crippen LogP contribution >= 0.6 is 12.2 Å². The number of aromatic nitrogens is 6. The molecule has 0 aliphatic carbocycles. The van der Waals surface area contributed by atoms with Crippen LogP contribution in [0.2, 0.25) is 0 Å². The van der Waals surface area contributed by atoms with E-state index in [1.807, 2.05) is 85.8 Å². The van der Waals surface area contributed by atoms with Crippen LogP contribution in [0.4, 0.5) is 0 Å². The summed E-state index contributed by atoms with van der Waals surface area (Å²) in [5.41, 5.74) is 3.13. The molecule has 0 saturated carbocycles. The lowest BCUT2D eigenvalue weighted by molar-refractivity contribution is 0.415. The van der Waals surface area contributed by atoms with Crippen LogP contribution in [0, 0.1) is 11.7 Å². The van der Waals surface area contributed by atoms with Crippen molar-refractivity contribution in [1.29, 1.82) is 0 Å². The van der Waals surface area contributed by atoms with Gasteiger partial charge in [0.1, 0.15) is 12.3 Å². The molecule has 1 N–H and O–H groups in total. The molecule has 0 atom stereocenters. The van der Waals surface area contributed by atoms with Gasteiger partial charge in [-0.25, -0.2) is 9.48 Å². The number of nitrogens with zero attached hydrogens (tertiary/aromatic N) is 6. The van der Waals surface area contributed by atoms with Gasteiger partial charge in [-0.1, -0.05) is 48.0 Å². The zero-order valence-corrected chi connectivity index (χ0v) is 20.5. The fourth-order valence-electron chi connectivity index (χ4n) is 3.72. The summed E-state index contributed by atoms with van der Waals surface area (Å²) in [5, 5.41) is 16.3. The molecule has 2 aromatic heterocycles. The molecule has 0 spiro atoms. The van der Waals surface area contributed by atoms with Crippen molar-refractivity contribution in [3.05, 3.63) is 111 Å². The minimum atomic E-state index is -0.399. The van der Waals surface area contributed by atoms with Gasteiger partial charge in [0, 0.05) is 11.3 Å². The summed E-state index contributed by atoms with van der Waals surface area (Å²) in [6.07, 6.45) is 1.62. The molecule has 0 unspecified atom stereocenters. The third-order valence-electron chi connectivity index (χ3n) is 5.61. The van der Waals surface area contributed by atoms with Gasteiger partial charge in [-0.3, -0.25) is 9.67 Å². The van der Waals surface area contributed by atoms with E-state index in [9.17, 15) is 4.79 Å². The zero-order valence-electron chi connectivity index (χ0n) is 19.7. The van der Waals surface area contributed by atoms with E-state index in [0.29, 0.717) is 16.4 Å². The summed E-state index contributed by atoms with van der Waals surface area (Å²) in [5.74, 6) is 1.71. The summed E-state index contributed by atoms with van der Waals surface area (Å²) in [6, 6.07) is 24.8. The van der Waals surface area contributed by atoms with Crippen molar-refractivity contribution in [1.82, 2.24) is 29.2 Å². The standard InChI is InChI=1S/C26H23N7O2S/c1-18-8-12-20(13-9-18)24-30-31(17-23-28-29-25(36)32(23)21-6-4-3-5-7-21)26(34)33(24)27-16-19-10-14-22(35-2)15-11-19/h3-16H,17H2,1-2H3,(H,29,36)/b27-16+. The van der Waals surface area contributed by atoms with Crippen molar-refractivity contribution in [3.8, 4) is 22.8 Å². The van der Waals surface area contributed by atoms with E-state index < -0.39 is 5.69 Å². The summed E-state index contributed by atoms with van der Waals surface area (Å²) in [4.78, 5) is 13.5. The summed E-state index contributed by atoms with van der Waals surface area (Å²) in [7, 11) is 1.61. The first kappa shape index (κ1) is 23.2. The lowest BCUT2D eigenvalue weighted by Gasteiger charge is -2.06. The highest BCUT2D eigenvalue weighted by Crippen LogP contribution is 2.18. The summed E-state index contributed by atoms with van der Waals surface area (Å²) in [6.45, 7) is 2.11. The van der Waals surface area contributed by atoms with Gasteiger partial charge in [0.05, 0.1) is 13.3 Å². The molecule has 0 bridgehead atoms. The van der Waals surface area contributed by atoms with Crippen molar-refractivity contribution in [3.63, 3.8) is 0 Å². The molecular weight excluding hydrogens is 474 g/mol. The predicted molar refractivity (Wildman–Crippen MR) is 140 cm³/mol. The Balaban J connectivity index is 1.57. The number of methoxy groups -OCH3 is 1. The van der Waals surface area contributed by atoms with Crippen LogP contribution in [0.5, 0.6) is 5.75 Å². The molecule has 36 heavy (non-hydrogen) atoms. The van der Waals surface area contributed by atoms with E-state index in [1.165, 1.54) is 9.36 Å². The first-order chi connectivity index (χ1) is 17.5. The molecule has 2 heterocycles.